The van der Waals surface area contributed by atoms with Gasteiger partial charge in [0.1, 0.15) is 18.0 Å². The van der Waals surface area contributed by atoms with Crippen molar-refractivity contribution in [1.82, 2.24) is 14.5 Å². The van der Waals surface area contributed by atoms with Crippen LogP contribution in [0.15, 0.2) is 83.7 Å². The average Bonchev–Trinajstić information content (AvgIpc) is 2.88. The fourth-order valence-corrected chi connectivity index (χ4v) is 4.11. The summed E-state index contributed by atoms with van der Waals surface area (Å²) in [4.78, 5) is 33.1. The van der Waals surface area contributed by atoms with Crippen molar-refractivity contribution in [2.24, 2.45) is 0 Å². The van der Waals surface area contributed by atoms with Gasteiger partial charge < -0.3 is 10.0 Å². The number of aliphatic hydroxyl groups is 1. The molecule has 0 fully saturated rings. The molecule has 148 valence electrons. The van der Waals surface area contributed by atoms with E-state index < -0.39 is 12.1 Å². The SMILES string of the molecule is CN1C(=O)c2ccccc2-n2c(nc3ccccc3c2=O)[C@@H]1[C@H](O)c1ccccc1. The highest BCUT2D eigenvalue weighted by atomic mass is 16.3. The van der Waals surface area contributed by atoms with E-state index in [1.807, 2.05) is 24.3 Å². The second kappa shape index (κ2) is 6.93. The number of likely N-dealkylation sites (N-methyl/N-ethyl adjacent to an activating group) is 1. The topological polar surface area (TPSA) is 75.4 Å². The minimum atomic E-state index is -1.06. The lowest BCUT2D eigenvalue weighted by Gasteiger charge is -2.30. The highest BCUT2D eigenvalue weighted by Crippen LogP contribution is 2.37. The number of carbonyl (C=O) groups is 1. The van der Waals surface area contributed by atoms with Gasteiger partial charge in [-0.15, -0.1) is 0 Å². The van der Waals surface area contributed by atoms with Crippen LogP contribution < -0.4 is 5.56 Å². The predicted molar refractivity (Wildman–Crippen MR) is 114 cm³/mol. The number of benzene rings is 3. The Kier molecular flexibility index (Phi) is 4.22. The number of carbonyl (C=O) groups excluding carboxylic acids is 1. The van der Waals surface area contributed by atoms with Gasteiger partial charge in [0.25, 0.3) is 11.5 Å². The lowest BCUT2D eigenvalue weighted by atomic mass is 10.00. The zero-order valence-corrected chi connectivity index (χ0v) is 16.3. The summed E-state index contributed by atoms with van der Waals surface area (Å²) in [6.45, 7) is 0. The van der Waals surface area contributed by atoms with Gasteiger partial charge in [-0.1, -0.05) is 54.6 Å². The Hall–Kier alpha value is -3.77. The Labute approximate surface area is 172 Å². The lowest BCUT2D eigenvalue weighted by Crippen LogP contribution is -2.36. The normalized spacial score (nSPS) is 16.7. The average molecular weight is 397 g/mol. The first-order valence-electron chi connectivity index (χ1n) is 9.69. The van der Waals surface area contributed by atoms with Crippen LogP contribution >= 0.6 is 0 Å². The number of hydrogen-bond acceptors (Lipinski definition) is 4. The molecule has 0 aliphatic carbocycles. The van der Waals surface area contributed by atoms with E-state index in [9.17, 15) is 14.7 Å². The Morgan fingerprint density at radius 3 is 2.37 bits per heavy atom. The molecule has 0 bridgehead atoms. The maximum Gasteiger partial charge on any atom is 0.266 e. The molecule has 4 aromatic rings. The van der Waals surface area contributed by atoms with Gasteiger partial charge in [-0.05, 0) is 29.8 Å². The molecule has 1 aromatic heterocycles. The molecule has 6 heteroatoms. The van der Waals surface area contributed by atoms with E-state index in [1.54, 1.807) is 61.6 Å². The number of nitrogens with zero attached hydrogens (tertiary/aromatic N) is 3. The molecule has 3 aromatic carbocycles. The van der Waals surface area contributed by atoms with E-state index in [4.69, 9.17) is 4.98 Å². The number of amides is 1. The Morgan fingerprint density at radius 2 is 1.57 bits per heavy atom. The van der Waals surface area contributed by atoms with Crippen LogP contribution in [0.5, 0.6) is 0 Å². The van der Waals surface area contributed by atoms with E-state index >= 15 is 0 Å². The molecule has 5 rings (SSSR count). The zero-order valence-electron chi connectivity index (χ0n) is 16.3. The smallest absolute Gasteiger partial charge is 0.266 e. The van der Waals surface area contributed by atoms with Gasteiger partial charge in [-0.3, -0.25) is 14.2 Å². The summed E-state index contributed by atoms with van der Waals surface area (Å²) in [5.41, 5.74) is 1.76. The van der Waals surface area contributed by atoms with Crippen LogP contribution in [0.1, 0.15) is 33.9 Å². The van der Waals surface area contributed by atoms with Gasteiger partial charge in [-0.25, -0.2) is 4.98 Å². The summed E-state index contributed by atoms with van der Waals surface area (Å²) in [7, 11) is 1.63. The number of aliphatic hydroxyl groups excluding tert-OH is 1. The van der Waals surface area contributed by atoms with E-state index in [1.165, 1.54) is 9.47 Å². The van der Waals surface area contributed by atoms with Crippen LogP contribution in [0.2, 0.25) is 0 Å². The molecule has 0 radical (unpaired) electrons. The predicted octanol–water partition coefficient (Wildman–Crippen LogP) is 3.25. The highest BCUT2D eigenvalue weighted by molar-refractivity contribution is 5.98. The molecular weight excluding hydrogens is 378 g/mol. The van der Waals surface area contributed by atoms with Gasteiger partial charge in [0.05, 0.1) is 22.2 Å². The van der Waals surface area contributed by atoms with Gasteiger partial charge in [0.2, 0.25) is 0 Å². The molecule has 0 saturated carbocycles. The zero-order chi connectivity index (χ0) is 20.8. The van der Waals surface area contributed by atoms with Crippen molar-refractivity contribution in [3.05, 3.63) is 106 Å². The Morgan fingerprint density at radius 1 is 0.900 bits per heavy atom. The van der Waals surface area contributed by atoms with E-state index in [-0.39, 0.29) is 11.5 Å². The van der Waals surface area contributed by atoms with E-state index in [2.05, 4.69) is 0 Å². The summed E-state index contributed by atoms with van der Waals surface area (Å²) in [6, 6.07) is 22.3. The van der Waals surface area contributed by atoms with Crippen LogP contribution in [-0.4, -0.2) is 32.5 Å². The monoisotopic (exact) mass is 397 g/mol. The molecule has 2 heterocycles. The molecule has 0 saturated heterocycles. The van der Waals surface area contributed by atoms with Crippen LogP contribution in [-0.2, 0) is 0 Å². The quantitative estimate of drug-likeness (QED) is 0.563. The Bertz CT molecular complexity index is 1330. The minimum Gasteiger partial charge on any atom is -0.386 e. The summed E-state index contributed by atoms with van der Waals surface area (Å²) in [5.74, 6) is 0.0513. The molecule has 2 atom stereocenters. The van der Waals surface area contributed by atoms with E-state index in [0.717, 1.165) is 0 Å². The van der Waals surface area contributed by atoms with Crippen molar-refractivity contribution in [2.75, 3.05) is 7.05 Å². The largest absolute Gasteiger partial charge is 0.386 e. The molecule has 1 aliphatic heterocycles. The van der Waals surface area contributed by atoms with Crippen molar-refractivity contribution >= 4 is 16.8 Å². The third-order valence-corrected chi connectivity index (χ3v) is 5.62. The van der Waals surface area contributed by atoms with Crippen LogP contribution in [0.4, 0.5) is 0 Å². The van der Waals surface area contributed by atoms with Crippen LogP contribution in [0.3, 0.4) is 0 Å². The van der Waals surface area contributed by atoms with Gasteiger partial charge in [0, 0.05) is 7.05 Å². The van der Waals surface area contributed by atoms with Gasteiger partial charge >= 0.3 is 0 Å². The third-order valence-electron chi connectivity index (χ3n) is 5.62. The van der Waals surface area contributed by atoms with Gasteiger partial charge in [-0.2, -0.15) is 0 Å². The van der Waals surface area contributed by atoms with Crippen molar-refractivity contribution in [3.63, 3.8) is 0 Å². The molecule has 1 amide bonds. The number of hydrogen-bond donors (Lipinski definition) is 1. The van der Waals surface area contributed by atoms with Gasteiger partial charge in [0.15, 0.2) is 0 Å². The van der Waals surface area contributed by atoms with Crippen molar-refractivity contribution in [3.8, 4) is 5.69 Å². The second-order valence-corrected chi connectivity index (χ2v) is 7.36. The summed E-state index contributed by atoms with van der Waals surface area (Å²) >= 11 is 0. The molecule has 6 nitrogen and oxygen atoms in total. The van der Waals surface area contributed by atoms with E-state index in [0.29, 0.717) is 33.5 Å². The highest BCUT2D eigenvalue weighted by Gasteiger charge is 2.38. The molecular formula is C24H19N3O3. The van der Waals surface area contributed by atoms with Crippen LogP contribution in [0, 0.1) is 0 Å². The standard InChI is InChI=1S/C24H19N3O3/c1-26-20(21(28)15-9-3-2-4-10-15)22-25-18-13-7-5-11-16(18)24(30)27(22)19-14-8-6-12-17(19)23(26)29/h2-14,20-21,28H,1H3/t20-,21+/m0/s1. The maximum atomic E-state index is 13.5. The first-order chi connectivity index (χ1) is 14.6. The second-order valence-electron chi connectivity index (χ2n) is 7.36. The first-order valence-corrected chi connectivity index (χ1v) is 9.69. The maximum absolute atomic E-state index is 13.5. The fourth-order valence-electron chi connectivity index (χ4n) is 4.11. The Balaban J connectivity index is 1.87. The molecule has 0 spiro atoms. The third kappa shape index (κ3) is 2.65. The summed E-state index contributed by atoms with van der Waals surface area (Å²) < 4.78 is 1.47. The number of fused-ring (bicyclic) bond motifs is 4. The first kappa shape index (κ1) is 18.3. The van der Waals surface area contributed by atoms with Crippen molar-refractivity contribution in [1.29, 1.82) is 0 Å². The van der Waals surface area contributed by atoms with Crippen LogP contribution in [0.25, 0.3) is 16.6 Å². The fraction of sp³-hybridized carbons (Fsp3) is 0.125. The molecule has 30 heavy (non-hydrogen) atoms. The molecule has 0 unspecified atom stereocenters. The lowest BCUT2D eigenvalue weighted by molar-refractivity contribution is 0.0413. The number of para-hydroxylation sites is 2. The number of rotatable bonds is 2. The summed E-state index contributed by atoms with van der Waals surface area (Å²) in [5, 5.41) is 11.8. The molecule has 1 aliphatic rings. The number of aromatic nitrogens is 2. The minimum absolute atomic E-state index is 0.267. The molecule has 1 N–H and O–H groups in total. The summed E-state index contributed by atoms with van der Waals surface area (Å²) in [6.07, 6.45) is -1.06. The van der Waals surface area contributed by atoms with Crippen molar-refractivity contribution < 1.29 is 9.90 Å². The van der Waals surface area contributed by atoms with Crippen molar-refractivity contribution in [2.45, 2.75) is 12.1 Å².